The highest BCUT2D eigenvalue weighted by Crippen LogP contribution is 2.28. The summed E-state index contributed by atoms with van der Waals surface area (Å²) in [6.07, 6.45) is 2.03. The first kappa shape index (κ1) is 14.2. The number of aromatic nitrogens is 3. The van der Waals surface area contributed by atoms with Crippen LogP contribution in [0.4, 0.5) is 0 Å². The minimum absolute atomic E-state index is 0.0211. The number of methoxy groups -OCH3 is 1. The van der Waals surface area contributed by atoms with E-state index < -0.39 is 0 Å². The number of thiazole rings is 1. The average molecular weight is 306 g/mol. The number of amides is 1. The molecule has 7 heteroatoms. The lowest BCUT2D eigenvalue weighted by atomic mass is 9.97. The SMILES string of the molecule is CCn1cc2c(n1)C(COC)CN(C(=O)c1cscn1)C2. The number of rotatable bonds is 4. The molecule has 0 spiro atoms. The molecular formula is C14H18N4O2S. The Balaban J connectivity index is 1.88. The van der Waals surface area contributed by atoms with Crippen LogP contribution in [0, 0.1) is 0 Å². The van der Waals surface area contributed by atoms with Crippen LogP contribution in [-0.2, 0) is 17.8 Å². The van der Waals surface area contributed by atoms with Crippen LogP contribution in [0.5, 0.6) is 0 Å². The molecule has 0 saturated carbocycles. The zero-order valence-corrected chi connectivity index (χ0v) is 13.0. The maximum absolute atomic E-state index is 12.5. The second-order valence-electron chi connectivity index (χ2n) is 5.11. The van der Waals surface area contributed by atoms with Gasteiger partial charge in [0.15, 0.2) is 0 Å². The topological polar surface area (TPSA) is 60.2 Å². The van der Waals surface area contributed by atoms with Gasteiger partial charge >= 0.3 is 0 Å². The Morgan fingerprint density at radius 2 is 2.43 bits per heavy atom. The smallest absolute Gasteiger partial charge is 0.273 e. The maximum atomic E-state index is 12.5. The van der Waals surface area contributed by atoms with E-state index in [1.54, 1.807) is 18.0 Å². The van der Waals surface area contributed by atoms with E-state index in [4.69, 9.17) is 4.74 Å². The van der Waals surface area contributed by atoms with Gasteiger partial charge in [-0.25, -0.2) is 4.98 Å². The molecule has 2 aromatic heterocycles. The second kappa shape index (κ2) is 5.95. The number of fused-ring (bicyclic) bond motifs is 1. The zero-order valence-electron chi connectivity index (χ0n) is 12.2. The van der Waals surface area contributed by atoms with Crippen molar-refractivity contribution >= 4 is 17.2 Å². The Hall–Kier alpha value is -1.73. The van der Waals surface area contributed by atoms with Crippen LogP contribution < -0.4 is 0 Å². The quantitative estimate of drug-likeness (QED) is 0.863. The van der Waals surface area contributed by atoms with E-state index in [0.717, 1.165) is 17.8 Å². The first-order chi connectivity index (χ1) is 10.2. The van der Waals surface area contributed by atoms with Gasteiger partial charge in [-0.1, -0.05) is 0 Å². The molecule has 3 rings (SSSR count). The summed E-state index contributed by atoms with van der Waals surface area (Å²) in [5.41, 5.74) is 4.36. The van der Waals surface area contributed by atoms with Crippen molar-refractivity contribution in [2.75, 3.05) is 20.3 Å². The molecule has 0 fully saturated rings. The number of carbonyl (C=O) groups excluding carboxylic acids is 1. The van der Waals surface area contributed by atoms with Gasteiger partial charge in [0, 0.05) is 49.8 Å². The van der Waals surface area contributed by atoms with Gasteiger partial charge in [-0.3, -0.25) is 9.48 Å². The van der Waals surface area contributed by atoms with E-state index in [1.807, 2.05) is 15.8 Å². The van der Waals surface area contributed by atoms with Crippen LogP contribution in [0.2, 0.25) is 0 Å². The summed E-state index contributed by atoms with van der Waals surface area (Å²) in [4.78, 5) is 18.4. The van der Waals surface area contributed by atoms with Crippen LogP contribution in [0.15, 0.2) is 17.1 Å². The van der Waals surface area contributed by atoms with Gasteiger partial charge in [-0.05, 0) is 6.92 Å². The first-order valence-electron chi connectivity index (χ1n) is 6.95. The largest absolute Gasteiger partial charge is 0.384 e. The normalized spacial score (nSPS) is 17.8. The molecule has 0 aromatic carbocycles. The Bertz CT molecular complexity index is 623. The fourth-order valence-electron chi connectivity index (χ4n) is 2.70. The van der Waals surface area contributed by atoms with Crippen LogP contribution in [0.3, 0.4) is 0 Å². The number of nitrogens with zero attached hydrogens (tertiary/aromatic N) is 4. The summed E-state index contributed by atoms with van der Waals surface area (Å²) in [5.74, 6) is 0.0985. The molecule has 6 nitrogen and oxygen atoms in total. The van der Waals surface area contributed by atoms with E-state index in [2.05, 4.69) is 17.0 Å². The number of hydrogen-bond acceptors (Lipinski definition) is 5. The molecule has 112 valence electrons. The molecular weight excluding hydrogens is 288 g/mol. The van der Waals surface area contributed by atoms with Gasteiger partial charge in [-0.2, -0.15) is 5.10 Å². The summed E-state index contributed by atoms with van der Waals surface area (Å²) >= 11 is 1.44. The summed E-state index contributed by atoms with van der Waals surface area (Å²) in [6, 6.07) is 0. The minimum Gasteiger partial charge on any atom is -0.384 e. The Morgan fingerprint density at radius 1 is 1.57 bits per heavy atom. The Kier molecular flexibility index (Phi) is 4.03. The minimum atomic E-state index is -0.0211. The predicted octanol–water partition coefficient (Wildman–Crippen LogP) is 1.75. The van der Waals surface area contributed by atoms with E-state index >= 15 is 0 Å². The molecule has 21 heavy (non-hydrogen) atoms. The van der Waals surface area contributed by atoms with Crippen molar-refractivity contribution in [1.82, 2.24) is 19.7 Å². The van der Waals surface area contributed by atoms with Crippen LogP contribution in [0.1, 0.15) is 34.6 Å². The lowest BCUT2D eigenvalue weighted by Gasteiger charge is -2.31. The van der Waals surface area contributed by atoms with Gasteiger partial charge < -0.3 is 9.64 Å². The fourth-order valence-corrected chi connectivity index (χ4v) is 3.22. The van der Waals surface area contributed by atoms with E-state index in [-0.39, 0.29) is 11.8 Å². The van der Waals surface area contributed by atoms with Crippen molar-refractivity contribution in [3.8, 4) is 0 Å². The molecule has 0 radical (unpaired) electrons. The van der Waals surface area contributed by atoms with E-state index in [9.17, 15) is 4.79 Å². The fraction of sp³-hybridized carbons (Fsp3) is 0.500. The monoisotopic (exact) mass is 306 g/mol. The summed E-state index contributed by atoms with van der Waals surface area (Å²) in [6.45, 7) is 4.66. The first-order valence-corrected chi connectivity index (χ1v) is 7.89. The van der Waals surface area contributed by atoms with Gasteiger partial charge in [0.1, 0.15) is 5.69 Å². The number of carbonyl (C=O) groups is 1. The molecule has 1 aliphatic rings. The summed E-state index contributed by atoms with van der Waals surface area (Å²) in [5, 5.41) is 6.40. The van der Waals surface area contributed by atoms with Crippen molar-refractivity contribution in [2.45, 2.75) is 25.9 Å². The van der Waals surface area contributed by atoms with Crippen molar-refractivity contribution in [3.05, 3.63) is 34.0 Å². The maximum Gasteiger partial charge on any atom is 0.273 e. The number of hydrogen-bond donors (Lipinski definition) is 0. The summed E-state index contributed by atoms with van der Waals surface area (Å²) < 4.78 is 7.22. The molecule has 1 unspecified atom stereocenters. The van der Waals surface area contributed by atoms with Crippen molar-refractivity contribution in [1.29, 1.82) is 0 Å². The lowest BCUT2D eigenvalue weighted by molar-refractivity contribution is 0.0673. The molecule has 0 bridgehead atoms. The standard InChI is InChI=1S/C14H18N4O2S/c1-3-18-6-10-4-17(14(19)12-8-21-9-15-12)5-11(7-20-2)13(10)16-18/h6,8-9,11H,3-5,7H2,1-2H3. The molecule has 3 heterocycles. The third kappa shape index (κ3) is 2.71. The van der Waals surface area contributed by atoms with E-state index in [0.29, 0.717) is 25.4 Å². The molecule has 0 N–H and O–H groups in total. The third-order valence-electron chi connectivity index (χ3n) is 3.69. The van der Waals surface area contributed by atoms with Crippen LogP contribution in [-0.4, -0.2) is 45.8 Å². The highest BCUT2D eigenvalue weighted by molar-refractivity contribution is 7.07. The Labute approximate surface area is 127 Å². The second-order valence-corrected chi connectivity index (χ2v) is 5.83. The van der Waals surface area contributed by atoms with Gasteiger partial charge in [0.25, 0.3) is 5.91 Å². The van der Waals surface area contributed by atoms with Crippen LogP contribution in [0.25, 0.3) is 0 Å². The zero-order chi connectivity index (χ0) is 14.8. The third-order valence-corrected chi connectivity index (χ3v) is 4.28. The Morgan fingerprint density at radius 3 is 3.10 bits per heavy atom. The lowest BCUT2D eigenvalue weighted by Crippen LogP contribution is -2.39. The van der Waals surface area contributed by atoms with Gasteiger partial charge in [0.2, 0.25) is 0 Å². The molecule has 1 amide bonds. The van der Waals surface area contributed by atoms with Gasteiger partial charge in [-0.15, -0.1) is 11.3 Å². The van der Waals surface area contributed by atoms with Crippen molar-refractivity contribution in [2.24, 2.45) is 0 Å². The molecule has 1 aliphatic heterocycles. The number of ether oxygens (including phenoxy) is 1. The van der Waals surface area contributed by atoms with Gasteiger partial charge in [0.05, 0.1) is 17.8 Å². The van der Waals surface area contributed by atoms with Crippen LogP contribution >= 0.6 is 11.3 Å². The van der Waals surface area contributed by atoms with Crippen molar-refractivity contribution in [3.63, 3.8) is 0 Å². The molecule has 2 aromatic rings. The molecule has 0 saturated heterocycles. The molecule has 1 atom stereocenters. The molecule has 0 aliphatic carbocycles. The predicted molar refractivity (Wildman–Crippen MR) is 79.4 cm³/mol. The average Bonchev–Trinajstić information content (AvgIpc) is 3.15. The number of aryl methyl sites for hydroxylation is 1. The van der Waals surface area contributed by atoms with E-state index in [1.165, 1.54) is 11.3 Å². The summed E-state index contributed by atoms with van der Waals surface area (Å²) in [7, 11) is 1.68. The highest BCUT2D eigenvalue weighted by Gasteiger charge is 2.31. The van der Waals surface area contributed by atoms with Crippen molar-refractivity contribution < 1.29 is 9.53 Å². The highest BCUT2D eigenvalue weighted by atomic mass is 32.1.